The predicted molar refractivity (Wildman–Crippen MR) is 81.6 cm³/mol. The number of thiocarbonyl (C=S) groups is 1. The van der Waals surface area contributed by atoms with Gasteiger partial charge in [-0.2, -0.15) is 0 Å². The number of rotatable bonds is 2. The number of para-hydroxylation sites is 1. The zero-order valence-corrected chi connectivity index (χ0v) is 10.9. The van der Waals surface area contributed by atoms with Crippen LogP contribution < -0.4 is 17.2 Å². The summed E-state index contributed by atoms with van der Waals surface area (Å²) in [5.74, 6) is 0.209. The summed E-state index contributed by atoms with van der Waals surface area (Å²) in [4.78, 5) is 7.83. The van der Waals surface area contributed by atoms with Gasteiger partial charge >= 0.3 is 0 Å². The van der Waals surface area contributed by atoms with Crippen LogP contribution in [0.5, 0.6) is 0 Å². The summed E-state index contributed by atoms with van der Waals surface area (Å²) in [7, 11) is 0. The van der Waals surface area contributed by atoms with Crippen LogP contribution in [0.25, 0.3) is 11.1 Å². The summed E-state index contributed by atoms with van der Waals surface area (Å²) >= 11 is 4.70. The Balaban J connectivity index is 2.53. The van der Waals surface area contributed by atoms with E-state index >= 15 is 0 Å². The molecule has 2 rings (SSSR count). The van der Waals surface area contributed by atoms with Gasteiger partial charge in [0.05, 0.1) is 5.69 Å². The fourth-order valence-electron chi connectivity index (χ4n) is 1.75. The lowest BCUT2D eigenvalue weighted by molar-refractivity contribution is 1.33. The van der Waals surface area contributed by atoms with Crippen molar-refractivity contribution in [2.24, 2.45) is 16.5 Å². The molecule has 0 aliphatic rings. The maximum Gasteiger partial charge on any atom is 0.192 e. The van der Waals surface area contributed by atoms with E-state index in [2.05, 4.69) is 9.98 Å². The normalized spacial score (nSPS) is 11.3. The Labute approximate surface area is 116 Å². The average Bonchev–Trinajstić information content (AvgIpc) is 2.39. The molecule has 0 aliphatic heterocycles. The topological polar surface area (TPSA) is 103 Å². The van der Waals surface area contributed by atoms with Gasteiger partial charge < -0.3 is 17.2 Å². The number of hydrogen-bond donors (Lipinski definition) is 3. The quantitative estimate of drug-likeness (QED) is 0.330. The van der Waals surface area contributed by atoms with Gasteiger partial charge in [0.15, 0.2) is 5.11 Å². The van der Waals surface area contributed by atoms with E-state index in [-0.39, 0.29) is 10.9 Å². The molecule has 1 aromatic heterocycles. The molecular formula is C13H13N5S. The third-order valence-electron chi connectivity index (χ3n) is 2.60. The number of pyridine rings is 1. The molecule has 5 nitrogen and oxygen atoms in total. The van der Waals surface area contributed by atoms with E-state index in [9.17, 15) is 0 Å². The zero-order chi connectivity index (χ0) is 13.8. The molecule has 96 valence electrons. The molecule has 0 saturated carbocycles. The Kier molecular flexibility index (Phi) is 3.72. The van der Waals surface area contributed by atoms with Crippen LogP contribution in [-0.4, -0.2) is 15.9 Å². The highest BCUT2D eigenvalue weighted by atomic mass is 32.1. The minimum Gasteiger partial charge on any atom is -0.398 e. The van der Waals surface area contributed by atoms with Crippen LogP contribution in [0.3, 0.4) is 0 Å². The molecule has 6 heteroatoms. The molecule has 0 aliphatic carbocycles. The second kappa shape index (κ2) is 5.45. The zero-order valence-electron chi connectivity index (χ0n) is 10.1. The first-order valence-electron chi connectivity index (χ1n) is 5.52. The van der Waals surface area contributed by atoms with Gasteiger partial charge in [-0.05, 0) is 36.0 Å². The number of benzene rings is 1. The maximum atomic E-state index is 6.13. The predicted octanol–water partition coefficient (Wildman–Crippen LogP) is 1.28. The lowest BCUT2D eigenvalue weighted by Gasteiger charge is -2.10. The first kappa shape index (κ1) is 13.0. The molecule has 0 spiro atoms. The number of nitrogens with two attached hydrogens (primary N) is 3. The van der Waals surface area contributed by atoms with Gasteiger partial charge in [-0.3, -0.25) is 4.98 Å². The third-order valence-corrected chi connectivity index (χ3v) is 2.70. The molecular weight excluding hydrogens is 258 g/mol. The molecule has 2 aromatic rings. The number of nitrogen functional groups attached to an aromatic ring is 1. The summed E-state index contributed by atoms with van der Waals surface area (Å²) in [6, 6.07) is 9.27. The summed E-state index contributed by atoms with van der Waals surface area (Å²) < 4.78 is 0. The average molecular weight is 271 g/mol. The van der Waals surface area contributed by atoms with Crippen molar-refractivity contribution in [1.29, 1.82) is 0 Å². The van der Waals surface area contributed by atoms with Crippen molar-refractivity contribution in [1.82, 2.24) is 4.98 Å². The number of hydrogen-bond acceptors (Lipinski definition) is 3. The van der Waals surface area contributed by atoms with Crippen molar-refractivity contribution < 1.29 is 0 Å². The van der Waals surface area contributed by atoms with Gasteiger partial charge in [0.25, 0.3) is 0 Å². The number of aliphatic imine (C=N–C) groups is 1. The molecule has 0 saturated heterocycles. The van der Waals surface area contributed by atoms with Gasteiger partial charge in [0.2, 0.25) is 0 Å². The van der Waals surface area contributed by atoms with Gasteiger partial charge in [0.1, 0.15) is 5.84 Å². The summed E-state index contributed by atoms with van der Waals surface area (Å²) in [5, 5.41) is -0.0220. The van der Waals surface area contributed by atoms with Gasteiger partial charge in [-0.25, -0.2) is 4.99 Å². The molecule has 0 radical (unpaired) electrons. The largest absolute Gasteiger partial charge is 0.398 e. The Bertz CT molecular complexity index is 637. The number of anilines is 1. The fraction of sp³-hybridized carbons (Fsp3) is 0. The molecule has 0 atom stereocenters. The summed E-state index contributed by atoms with van der Waals surface area (Å²) in [6.07, 6.45) is 3.40. The highest BCUT2D eigenvalue weighted by molar-refractivity contribution is 7.80. The summed E-state index contributed by atoms with van der Waals surface area (Å²) in [6.45, 7) is 0. The number of nitrogens with zero attached hydrogens (tertiary/aromatic N) is 2. The molecule has 19 heavy (non-hydrogen) atoms. The smallest absolute Gasteiger partial charge is 0.192 e. The summed E-state index contributed by atoms with van der Waals surface area (Å²) in [5.41, 5.74) is 20.3. The van der Waals surface area contributed by atoms with Crippen molar-refractivity contribution in [2.45, 2.75) is 0 Å². The lowest BCUT2D eigenvalue weighted by atomic mass is 10.0. The highest BCUT2D eigenvalue weighted by Gasteiger charge is 2.09. The maximum absolute atomic E-state index is 6.13. The SMILES string of the molecule is NC(=S)/N=C(\N)c1cccc(-c2ccncc2)c1N. The van der Waals surface area contributed by atoms with E-state index in [1.54, 1.807) is 18.5 Å². The van der Waals surface area contributed by atoms with Crippen LogP contribution >= 0.6 is 12.2 Å². The minimum absolute atomic E-state index is 0.0220. The monoisotopic (exact) mass is 271 g/mol. The van der Waals surface area contributed by atoms with Crippen LogP contribution in [0.1, 0.15) is 5.56 Å². The Morgan fingerprint density at radius 3 is 2.42 bits per heavy atom. The van der Waals surface area contributed by atoms with Crippen molar-refractivity contribution in [3.63, 3.8) is 0 Å². The number of aromatic nitrogens is 1. The van der Waals surface area contributed by atoms with Crippen LogP contribution in [0.2, 0.25) is 0 Å². The minimum atomic E-state index is -0.0220. The van der Waals surface area contributed by atoms with E-state index in [0.717, 1.165) is 11.1 Å². The number of amidine groups is 1. The van der Waals surface area contributed by atoms with Gasteiger partial charge in [-0.1, -0.05) is 12.1 Å². The van der Waals surface area contributed by atoms with E-state index in [0.29, 0.717) is 11.3 Å². The molecule has 6 N–H and O–H groups in total. The van der Waals surface area contributed by atoms with Crippen LogP contribution in [0, 0.1) is 0 Å². The first-order chi connectivity index (χ1) is 9.09. The molecule has 0 bridgehead atoms. The highest BCUT2D eigenvalue weighted by Crippen LogP contribution is 2.27. The van der Waals surface area contributed by atoms with Crippen molar-refractivity contribution >= 4 is 28.9 Å². The van der Waals surface area contributed by atoms with Crippen molar-refractivity contribution in [3.05, 3.63) is 48.3 Å². The molecule has 0 unspecified atom stereocenters. The second-order valence-corrected chi connectivity index (χ2v) is 4.26. The van der Waals surface area contributed by atoms with Gasteiger partial charge in [0, 0.05) is 23.5 Å². The van der Waals surface area contributed by atoms with E-state index in [1.807, 2.05) is 24.3 Å². The van der Waals surface area contributed by atoms with E-state index < -0.39 is 0 Å². The first-order valence-corrected chi connectivity index (χ1v) is 5.93. The van der Waals surface area contributed by atoms with E-state index in [4.69, 9.17) is 29.4 Å². The van der Waals surface area contributed by atoms with Crippen LogP contribution in [0.15, 0.2) is 47.7 Å². The Morgan fingerprint density at radius 2 is 1.79 bits per heavy atom. The van der Waals surface area contributed by atoms with Crippen molar-refractivity contribution in [2.75, 3.05) is 5.73 Å². The standard InChI is InChI=1S/C13H13N5S/c14-11-9(8-4-6-17-7-5-8)2-1-3-10(11)12(15)18-13(16)19/h1-7H,14H2,(H4,15,16,18,19). The molecule has 1 aromatic carbocycles. The third kappa shape index (κ3) is 2.86. The van der Waals surface area contributed by atoms with Crippen LogP contribution in [-0.2, 0) is 0 Å². The second-order valence-electron chi connectivity index (χ2n) is 3.84. The molecule has 0 fully saturated rings. The van der Waals surface area contributed by atoms with Gasteiger partial charge in [-0.15, -0.1) is 0 Å². The van der Waals surface area contributed by atoms with Crippen molar-refractivity contribution in [3.8, 4) is 11.1 Å². The molecule has 0 amide bonds. The lowest BCUT2D eigenvalue weighted by Crippen LogP contribution is -2.19. The van der Waals surface area contributed by atoms with Crippen LogP contribution in [0.4, 0.5) is 5.69 Å². The molecule has 1 heterocycles. The van der Waals surface area contributed by atoms with E-state index in [1.165, 1.54) is 0 Å². The fourth-order valence-corrected chi connectivity index (χ4v) is 1.85. The Morgan fingerprint density at radius 1 is 1.11 bits per heavy atom. The Hall–Kier alpha value is -2.47.